The number of hydrogen-bond donors (Lipinski definition) is 0. The van der Waals surface area contributed by atoms with Gasteiger partial charge in [-0.1, -0.05) is 59.0 Å². The van der Waals surface area contributed by atoms with Crippen LogP contribution in [-0.2, 0) is 22.7 Å². The Hall–Kier alpha value is -4.90. The Balaban J connectivity index is 0.000000356. The van der Waals surface area contributed by atoms with Gasteiger partial charge in [-0.2, -0.15) is 0 Å². The summed E-state index contributed by atoms with van der Waals surface area (Å²) in [5.41, 5.74) is 3.52. The van der Waals surface area contributed by atoms with Crippen molar-refractivity contribution in [1.29, 1.82) is 0 Å². The fraction of sp³-hybridized carbons (Fsp3) is 0.317. The van der Waals surface area contributed by atoms with Gasteiger partial charge >= 0.3 is 11.9 Å². The molecule has 0 bridgehead atoms. The van der Waals surface area contributed by atoms with E-state index < -0.39 is 23.6 Å². The van der Waals surface area contributed by atoms with E-state index in [-0.39, 0.29) is 56.1 Å². The van der Waals surface area contributed by atoms with Crippen molar-refractivity contribution >= 4 is 33.4 Å². The Bertz CT molecular complexity index is 1810. The van der Waals surface area contributed by atoms with Crippen LogP contribution in [0, 0.1) is 17.0 Å². The summed E-state index contributed by atoms with van der Waals surface area (Å²) in [6.45, 7) is 4.62. The molecule has 280 valence electrons. The summed E-state index contributed by atoms with van der Waals surface area (Å²) in [6.07, 6.45) is 3.96. The van der Waals surface area contributed by atoms with Gasteiger partial charge in [0.05, 0.1) is 44.0 Å². The van der Waals surface area contributed by atoms with Crippen molar-refractivity contribution in [3.05, 3.63) is 123 Å². The fourth-order valence-corrected chi connectivity index (χ4v) is 5.88. The van der Waals surface area contributed by atoms with E-state index in [1.807, 2.05) is 36.4 Å². The molecule has 4 aromatic rings. The second-order valence-electron chi connectivity index (χ2n) is 11.9. The van der Waals surface area contributed by atoms with E-state index in [1.165, 1.54) is 26.4 Å². The Kier molecular flexibility index (Phi) is 16.3. The van der Waals surface area contributed by atoms with Crippen LogP contribution >= 0.6 is 15.9 Å². The molecule has 1 aliphatic rings. The maximum atomic E-state index is 15.0. The number of hydrogen-bond acceptors (Lipinski definition) is 8. The third kappa shape index (κ3) is 10.8. The number of carbonyl (C=O) groups excluding carboxylic acids is 2. The molecule has 0 amide bonds. The molecule has 0 aromatic heterocycles. The number of halogens is 3. The normalized spacial score (nSPS) is 12.4. The van der Waals surface area contributed by atoms with Gasteiger partial charge in [0.2, 0.25) is 0 Å². The van der Waals surface area contributed by atoms with Crippen molar-refractivity contribution in [2.75, 3.05) is 28.4 Å². The van der Waals surface area contributed by atoms with Gasteiger partial charge in [-0.3, -0.25) is 0 Å². The smallest absolute Gasteiger partial charge is 0.337 e. The highest BCUT2D eigenvalue weighted by Crippen LogP contribution is 2.47. The quantitative estimate of drug-likeness (QED) is 0.139. The SMILES string of the molecule is C.C.COC(=O)c1cc(F)c(OCc2ccc(OC)cc2)c(Br)c1.COC(=O)c1cc(F)c(OCc2ccc(OC)cc2)c(C2=CCCC2(C)C)c1. The van der Waals surface area contributed by atoms with Crippen LogP contribution in [0.2, 0.25) is 0 Å². The lowest BCUT2D eigenvalue weighted by Gasteiger charge is -2.25. The van der Waals surface area contributed by atoms with Gasteiger partial charge in [0.25, 0.3) is 0 Å². The largest absolute Gasteiger partial charge is 0.497 e. The number of methoxy groups -OCH3 is 4. The van der Waals surface area contributed by atoms with Gasteiger partial charge in [0.15, 0.2) is 23.1 Å². The van der Waals surface area contributed by atoms with Crippen LogP contribution in [0.3, 0.4) is 0 Å². The molecule has 0 spiro atoms. The Morgan fingerprint density at radius 3 is 1.54 bits per heavy atom. The first-order valence-electron chi connectivity index (χ1n) is 15.6. The lowest BCUT2D eigenvalue weighted by molar-refractivity contribution is 0.0591. The van der Waals surface area contributed by atoms with Crippen molar-refractivity contribution in [2.24, 2.45) is 5.41 Å². The molecule has 0 fully saturated rings. The van der Waals surface area contributed by atoms with E-state index >= 15 is 0 Å². The molecule has 5 rings (SSSR count). The molecule has 0 saturated heterocycles. The van der Waals surface area contributed by atoms with Crippen LogP contribution in [0.1, 0.15) is 78.9 Å². The van der Waals surface area contributed by atoms with Gasteiger partial charge in [0.1, 0.15) is 24.7 Å². The van der Waals surface area contributed by atoms with Crippen LogP contribution in [-0.4, -0.2) is 40.4 Å². The standard InChI is InChI=1S/C23H25FO4.C16H14BrFO4.2CH4/c1-23(2)11-5-6-19(23)18-12-16(22(25)27-4)13-20(24)21(18)28-14-15-7-9-17(26-3)10-8-15;1-20-12-5-3-10(4-6-12)9-22-15-13(17)7-11(8-14(15)18)16(19)21-2;;/h6-10,12-13H,5,11,14H2,1-4H3;3-8H,9H2,1-2H3;2*1H4. The Labute approximate surface area is 313 Å². The molecule has 0 N–H and O–H groups in total. The highest BCUT2D eigenvalue weighted by Gasteiger charge is 2.32. The van der Waals surface area contributed by atoms with E-state index in [4.69, 9.17) is 23.7 Å². The maximum Gasteiger partial charge on any atom is 0.337 e. The zero-order valence-corrected chi connectivity index (χ0v) is 30.3. The number of esters is 2. The van der Waals surface area contributed by atoms with Crippen molar-refractivity contribution in [3.8, 4) is 23.0 Å². The minimum absolute atomic E-state index is 0. The highest BCUT2D eigenvalue weighted by molar-refractivity contribution is 9.10. The minimum atomic E-state index is -0.636. The van der Waals surface area contributed by atoms with Crippen molar-refractivity contribution in [3.63, 3.8) is 0 Å². The van der Waals surface area contributed by atoms with Crippen molar-refractivity contribution in [2.45, 2.75) is 54.8 Å². The predicted octanol–water partition coefficient (Wildman–Crippen LogP) is 10.6. The second-order valence-corrected chi connectivity index (χ2v) is 12.8. The van der Waals surface area contributed by atoms with E-state index in [1.54, 1.807) is 32.4 Å². The summed E-state index contributed by atoms with van der Waals surface area (Å²) in [5, 5.41) is 0. The van der Waals surface area contributed by atoms with Gasteiger partial charge in [-0.05, 0) is 99.4 Å². The number of benzene rings is 4. The van der Waals surface area contributed by atoms with Gasteiger partial charge in [0, 0.05) is 5.56 Å². The summed E-state index contributed by atoms with van der Waals surface area (Å²) in [6, 6.07) is 20.0. The maximum absolute atomic E-state index is 15.0. The van der Waals surface area contributed by atoms with Crippen LogP contribution < -0.4 is 18.9 Å². The molecule has 0 atom stereocenters. The zero-order valence-electron chi connectivity index (χ0n) is 28.7. The summed E-state index contributed by atoms with van der Waals surface area (Å²) >= 11 is 3.20. The summed E-state index contributed by atoms with van der Waals surface area (Å²) in [5.74, 6) is -0.708. The van der Waals surface area contributed by atoms with Gasteiger partial charge in [-0.25, -0.2) is 18.4 Å². The number of rotatable bonds is 11. The fourth-order valence-electron chi connectivity index (χ4n) is 5.33. The van der Waals surface area contributed by atoms with Crippen LogP contribution in [0.5, 0.6) is 23.0 Å². The zero-order chi connectivity index (χ0) is 36.4. The van der Waals surface area contributed by atoms with E-state index in [9.17, 15) is 18.4 Å². The van der Waals surface area contributed by atoms with Crippen molar-refractivity contribution < 1.29 is 46.8 Å². The lowest BCUT2D eigenvalue weighted by atomic mass is 9.81. The lowest BCUT2D eigenvalue weighted by Crippen LogP contribution is -2.12. The molecule has 0 saturated carbocycles. The first-order chi connectivity index (χ1) is 23.9. The minimum Gasteiger partial charge on any atom is -0.497 e. The number of carbonyl (C=O) groups is 2. The van der Waals surface area contributed by atoms with Crippen LogP contribution in [0.25, 0.3) is 5.57 Å². The molecule has 4 aromatic carbocycles. The Morgan fingerprint density at radius 2 is 1.13 bits per heavy atom. The monoisotopic (exact) mass is 784 g/mol. The second kappa shape index (κ2) is 19.6. The third-order valence-corrected chi connectivity index (χ3v) is 8.69. The third-order valence-electron chi connectivity index (χ3n) is 8.11. The van der Waals surface area contributed by atoms with Crippen LogP contribution in [0.4, 0.5) is 8.78 Å². The first kappa shape index (κ1) is 43.3. The Morgan fingerprint density at radius 1 is 0.692 bits per heavy atom. The summed E-state index contributed by atoms with van der Waals surface area (Å²) < 4.78 is 60.3. The van der Waals surface area contributed by atoms with Gasteiger partial charge in [-0.15, -0.1) is 0 Å². The topological polar surface area (TPSA) is 89.5 Å². The molecule has 0 heterocycles. The number of allylic oxidation sites excluding steroid dienone is 2. The molecule has 8 nitrogen and oxygen atoms in total. The first-order valence-corrected chi connectivity index (χ1v) is 16.4. The predicted molar refractivity (Wildman–Crippen MR) is 202 cm³/mol. The molecular weight excluding hydrogens is 738 g/mol. The average Bonchev–Trinajstić information content (AvgIpc) is 3.48. The molecule has 0 radical (unpaired) electrons. The summed E-state index contributed by atoms with van der Waals surface area (Å²) in [7, 11) is 5.71. The average molecular weight is 786 g/mol. The molecular formula is C41H47BrF2O8. The molecule has 52 heavy (non-hydrogen) atoms. The van der Waals surface area contributed by atoms with Crippen molar-refractivity contribution in [1.82, 2.24) is 0 Å². The molecule has 0 aliphatic heterocycles. The molecule has 11 heteroatoms. The van der Waals surface area contributed by atoms with E-state index in [0.29, 0.717) is 10.0 Å². The highest BCUT2D eigenvalue weighted by atomic mass is 79.9. The van der Waals surface area contributed by atoms with E-state index in [2.05, 4.69) is 40.6 Å². The number of ether oxygens (including phenoxy) is 6. The van der Waals surface area contributed by atoms with Crippen LogP contribution in [0.15, 0.2) is 83.3 Å². The van der Waals surface area contributed by atoms with E-state index in [0.717, 1.165) is 47.1 Å². The molecule has 0 unspecified atom stereocenters. The summed E-state index contributed by atoms with van der Waals surface area (Å²) in [4.78, 5) is 23.4. The van der Waals surface area contributed by atoms with Gasteiger partial charge < -0.3 is 28.4 Å². The molecule has 1 aliphatic carbocycles.